The van der Waals surface area contributed by atoms with Gasteiger partial charge in [-0.1, -0.05) is 12.2 Å². The van der Waals surface area contributed by atoms with Crippen LogP contribution in [0.15, 0.2) is 0 Å². The quantitative estimate of drug-likeness (QED) is 0.400. The van der Waals surface area contributed by atoms with Crippen LogP contribution in [0, 0.1) is 0 Å². The van der Waals surface area contributed by atoms with Crippen LogP contribution in [0.2, 0.25) is 0 Å². The molecule has 1 rings (SSSR count). The Morgan fingerprint density at radius 2 is 2.67 bits per heavy atom. The van der Waals surface area contributed by atoms with Gasteiger partial charge in [0, 0.05) is 0 Å². The van der Waals surface area contributed by atoms with Gasteiger partial charge in [0.05, 0.1) is 0 Å². The van der Waals surface area contributed by atoms with Crippen LogP contribution in [0.25, 0.3) is 0 Å². The SMILES string of the molecule is S=C1CONN1. The molecule has 1 fully saturated rings. The lowest BCUT2D eigenvalue weighted by Gasteiger charge is -1.83. The third-order valence-electron chi connectivity index (χ3n) is 0.466. The zero-order chi connectivity index (χ0) is 4.41. The van der Waals surface area contributed by atoms with Crippen LogP contribution < -0.4 is 11.0 Å². The van der Waals surface area contributed by atoms with Gasteiger partial charge in [0.25, 0.3) is 0 Å². The van der Waals surface area contributed by atoms with Crippen molar-refractivity contribution in [3.05, 3.63) is 0 Å². The van der Waals surface area contributed by atoms with Gasteiger partial charge in [-0.2, -0.15) is 0 Å². The second-order valence-corrected chi connectivity index (χ2v) is 1.43. The molecule has 6 heavy (non-hydrogen) atoms. The Morgan fingerprint density at radius 1 is 1.83 bits per heavy atom. The highest BCUT2D eigenvalue weighted by Gasteiger charge is 2.00. The van der Waals surface area contributed by atoms with Gasteiger partial charge in [-0.15, -0.1) is 5.59 Å². The summed E-state index contributed by atoms with van der Waals surface area (Å²) >= 11 is 4.62. The van der Waals surface area contributed by atoms with E-state index >= 15 is 0 Å². The molecular weight excluding hydrogens is 100 g/mol. The maximum atomic E-state index is 4.62. The van der Waals surface area contributed by atoms with E-state index in [0.717, 1.165) is 0 Å². The van der Waals surface area contributed by atoms with Gasteiger partial charge in [0.2, 0.25) is 0 Å². The Morgan fingerprint density at radius 3 is 2.83 bits per heavy atom. The summed E-state index contributed by atoms with van der Waals surface area (Å²) in [5, 5.41) is 0. The Kier molecular flexibility index (Phi) is 0.999. The highest BCUT2D eigenvalue weighted by atomic mass is 32.1. The maximum Gasteiger partial charge on any atom is 0.122 e. The van der Waals surface area contributed by atoms with Crippen molar-refractivity contribution < 1.29 is 4.84 Å². The molecule has 1 heterocycles. The average molecular weight is 104 g/mol. The van der Waals surface area contributed by atoms with Gasteiger partial charge in [-0.05, 0) is 0 Å². The average Bonchev–Trinajstić information content (AvgIpc) is 1.86. The lowest BCUT2D eigenvalue weighted by molar-refractivity contribution is 0.0869. The molecule has 3 nitrogen and oxygen atoms in total. The third-order valence-corrected chi connectivity index (χ3v) is 0.686. The maximum absolute atomic E-state index is 4.62. The summed E-state index contributed by atoms with van der Waals surface area (Å²) in [7, 11) is 0. The van der Waals surface area contributed by atoms with E-state index in [-0.39, 0.29) is 0 Å². The largest absolute Gasteiger partial charge is 0.290 e. The van der Waals surface area contributed by atoms with Gasteiger partial charge in [0.1, 0.15) is 11.6 Å². The van der Waals surface area contributed by atoms with Gasteiger partial charge >= 0.3 is 0 Å². The first-order valence-corrected chi connectivity index (χ1v) is 1.96. The molecule has 1 saturated heterocycles. The topological polar surface area (TPSA) is 33.3 Å². The van der Waals surface area contributed by atoms with E-state index < -0.39 is 0 Å². The van der Waals surface area contributed by atoms with E-state index in [1.807, 2.05) is 0 Å². The molecule has 2 N–H and O–H groups in total. The minimum atomic E-state index is 0.495. The fourth-order valence-corrected chi connectivity index (χ4v) is 0.331. The predicted molar refractivity (Wildman–Crippen MR) is 24.8 cm³/mol. The van der Waals surface area contributed by atoms with E-state index in [4.69, 9.17) is 0 Å². The summed E-state index contributed by atoms with van der Waals surface area (Å²) in [6.45, 7) is 0.495. The first-order valence-electron chi connectivity index (χ1n) is 1.55. The van der Waals surface area contributed by atoms with Crippen LogP contribution in [0.1, 0.15) is 0 Å². The smallest absolute Gasteiger partial charge is 0.122 e. The molecule has 34 valence electrons. The van der Waals surface area contributed by atoms with Gasteiger partial charge in [0.15, 0.2) is 0 Å². The second-order valence-electron chi connectivity index (χ2n) is 0.939. The van der Waals surface area contributed by atoms with E-state index in [1.54, 1.807) is 0 Å². The minimum absolute atomic E-state index is 0.495. The van der Waals surface area contributed by atoms with Crippen LogP contribution >= 0.6 is 12.2 Å². The summed E-state index contributed by atoms with van der Waals surface area (Å²) in [6.07, 6.45) is 0. The van der Waals surface area contributed by atoms with Crippen molar-refractivity contribution in [2.45, 2.75) is 0 Å². The summed E-state index contributed by atoms with van der Waals surface area (Å²) in [5.41, 5.74) is 4.96. The number of hydrazine groups is 1. The number of rotatable bonds is 0. The van der Waals surface area contributed by atoms with Crippen molar-refractivity contribution in [3.8, 4) is 0 Å². The fraction of sp³-hybridized carbons (Fsp3) is 0.500. The number of hydrogen-bond donors (Lipinski definition) is 2. The molecule has 0 radical (unpaired) electrons. The highest BCUT2D eigenvalue weighted by molar-refractivity contribution is 7.80. The molecule has 1 aliphatic heterocycles. The van der Waals surface area contributed by atoms with Crippen molar-refractivity contribution >= 4 is 17.2 Å². The van der Waals surface area contributed by atoms with Crippen molar-refractivity contribution in [2.24, 2.45) is 0 Å². The first-order chi connectivity index (χ1) is 2.89. The zero-order valence-corrected chi connectivity index (χ0v) is 3.84. The molecule has 1 aliphatic rings. The summed E-state index contributed by atoms with van der Waals surface area (Å²) < 4.78 is 0. The number of hydrogen-bond acceptors (Lipinski definition) is 3. The lowest BCUT2D eigenvalue weighted by Crippen LogP contribution is -2.23. The van der Waals surface area contributed by atoms with Gasteiger partial charge in [-0.3, -0.25) is 10.3 Å². The van der Waals surface area contributed by atoms with Crippen LogP contribution in [-0.2, 0) is 4.84 Å². The predicted octanol–water partition coefficient (Wildman–Crippen LogP) is -0.647. The highest BCUT2D eigenvalue weighted by Crippen LogP contribution is 1.76. The molecule has 0 amide bonds. The van der Waals surface area contributed by atoms with Gasteiger partial charge < -0.3 is 0 Å². The number of thiocarbonyl (C=S) groups is 1. The standard InChI is InChI=1S/C2H4N2OS/c6-2-1-5-4-3-2/h4H,1H2,(H,3,6). The molecular formula is C2H4N2OS. The normalized spacial score (nSPS) is 21.0. The molecule has 0 spiro atoms. The van der Waals surface area contributed by atoms with Crippen LogP contribution in [0.5, 0.6) is 0 Å². The molecule has 0 aromatic rings. The Labute approximate surface area is 40.6 Å². The van der Waals surface area contributed by atoms with E-state index in [1.165, 1.54) is 0 Å². The van der Waals surface area contributed by atoms with Crippen LogP contribution in [0.3, 0.4) is 0 Å². The fourth-order valence-electron chi connectivity index (χ4n) is 0.231. The monoisotopic (exact) mass is 104 g/mol. The molecule has 0 saturated carbocycles. The van der Waals surface area contributed by atoms with Gasteiger partial charge in [-0.25, -0.2) is 0 Å². The van der Waals surface area contributed by atoms with Crippen molar-refractivity contribution in [3.63, 3.8) is 0 Å². The first kappa shape index (κ1) is 3.98. The summed E-state index contributed by atoms with van der Waals surface area (Å²) in [6, 6.07) is 0. The minimum Gasteiger partial charge on any atom is -0.290 e. The number of nitrogens with one attached hydrogen (secondary N) is 2. The Bertz CT molecular complexity index is 65.9. The molecule has 0 aromatic carbocycles. The molecule has 0 bridgehead atoms. The van der Waals surface area contributed by atoms with Crippen molar-refractivity contribution in [2.75, 3.05) is 6.61 Å². The molecule has 0 aromatic heterocycles. The van der Waals surface area contributed by atoms with Crippen molar-refractivity contribution in [1.29, 1.82) is 0 Å². The van der Waals surface area contributed by atoms with E-state index in [2.05, 4.69) is 28.1 Å². The Hall–Kier alpha value is -0.190. The zero-order valence-electron chi connectivity index (χ0n) is 3.02. The molecule has 0 unspecified atom stereocenters. The van der Waals surface area contributed by atoms with Crippen LogP contribution in [0.4, 0.5) is 0 Å². The molecule has 0 atom stereocenters. The second kappa shape index (κ2) is 1.51. The third kappa shape index (κ3) is 0.649. The van der Waals surface area contributed by atoms with Crippen LogP contribution in [-0.4, -0.2) is 11.6 Å². The van der Waals surface area contributed by atoms with E-state index in [9.17, 15) is 0 Å². The Balaban J connectivity index is 2.37. The van der Waals surface area contributed by atoms with E-state index in [0.29, 0.717) is 11.6 Å². The summed E-state index contributed by atoms with van der Waals surface area (Å²) in [5.74, 6) is 0. The summed E-state index contributed by atoms with van der Waals surface area (Å²) in [4.78, 5) is 5.26. The molecule has 0 aliphatic carbocycles. The lowest BCUT2D eigenvalue weighted by atomic mass is 10.7. The molecule has 4 heteroatoms. The van der Waals surface area contributed by atoms with Crippen molar-refractivity contribution in [1.82, 2.24) is 11.0 Å².